The van der Waals surface area contributed by atoms with Crippen LogP contribution in [-0.4, -0.2) is 14.8 Å². The molecule has 1 atom stereocenters. The summed E-state index contributed by atoms with van der Waals surface area (Å²) in [5, 5.41) is 5.70. The minimum absolute atomic E-state index is 0.172. The van der Waals surface area contributed by atoms with Gasteiger partial charge in [-0.1, -0.05) is 24.3 Å². The fourth-order valence-corrected chi connectivity index (χ4v) is 2.44. The van der Waals surface area contributed by atoms with Gasteiger partial charge in [0.1, 0.15) is 0 Å². The molecule has 0 amide bonds. The van der Waals surface area contributed by atoms with Gasteiger partial charge >= 0.3 is 0 Å². The number of rotatable bonds is 3. The van der Waals surface area contributed by atoms with Crippen molar-refractivity contribution in [2.45, 2.75) is 13.0 Å². The first-order valence-corrected chi connectivity index (χ1v) is 6.51. The Bertz CT molecular complexity index is 730. The van der Waals surface area contributed by atoms with Gasteiger partial charge in [0.15, 0.2) is 0 Å². The quantitative estimate of drug-likeness (QED) is 0.561. The van der Waals surface area contributed by atoms with E-state index in [4.69, 9.17) is 5.84 Å². The van der Waals surface area contributed by atoms with Crippen LogP contribution in [0.25, 0.3) is 10.9 Å². The Kier molecular flexibility index (Phi) is 3.22. The zero-order valence-corrected chi connectivity index (χ0v) is 11.5. The molecule has 3 rings (SSSR count). The molecule has 1 aromatic carbocycles. The van der Waals surface area contributed by atoms with E-state index in [0.717, 1.165) is 27.9 Å². The van der Waals surface area contributed by atoms with Gasteiger partial charge in [0.05, 0.1) is 17.3 Å². The molecule has 5 heteroatoms. The lowest BCUT2D eigenvalue weighted by atomic mass is 10.0. The summed E-state index contributed by atoms with van der Waals surface area (Å²) < 4.78 is 1.87. The van der Waals surface area contributed by atoms with Crippen LogP contribution < -0.4 is 11.3 Å². The van der Waals surface area contributed by atoms with E-state index >= 15 is 0 Å². The predicted molar refractivity (Wildman–Crippen MR) is 78.9 cm³/mol. The van der Waals surface area contributed by atoms with Gasteiger partial charge in [-0.15, -0.1) is 0 Å². The molecular weight excluding hydrogens is 250 g/mol. The molecule has 0 spiro atoms. The molecule has 3 aromatic rings. The second kappa shape index (κ2) is 5.03. The van der Waals surface area contributed by atoms with Crippen LogP contribution in [0.4, 0.5) is 0 Å². The molecule has 0 radical (unpaired) electrons. The number of hydrazine groups is 1. The molecule has 0 fully saturated rings. The largest absolute Gasteiger partial charge is 0.271 e. The van der Waals surface area contributed by atoms with Crippen LogP contribution in [0.5, 0.6) is 0 Å². The number of para-hydroxylation sites is 1. The maximum atomic E-state index is 5.75. The number of hydrogen-bond acceptors (Lipinski definition) is 4. The maximum absolute atomic E-state index is 5.75. The highest BCUT2D eigenvalue weighted by Crippen LogP contribution is 2.27. The van der Waals surface area contributed by atoms with Crippen molar-refractivity contribution in [1.29, 1.82) is 0 Å². The maximum Gasteiger partial charge on any atom is 0.0931 e. The molecule has 2 aromatic heterocycles. The van der Waals surface area contributed by atoms with Crippen LogP contribution in [0.1, 0.15) is 23.0 Å². The molecule has 20 heavy (non-hydrogen) atoms. The number of aromatic nitrogens is 3. The van der Waals surface area contributed by atoms with Crippen molar-refractivity contribution < 1.29 is 0 Å². The number of pyridine rings is 1. The van der Waals surface area contributed by atoms with Crippen molar-refractivity contribution in [3.05, 3.63) is 59.5 Å². The Balaban J connectivity index is 2.14. The predicted octanol–water partition coefficient (Wildman–Crippen LogP) is 1.83. The number of nitrogens with two attached hydrogens (primary N) is 1. The van der Waals surface area contributed by atoms with Gasteiger partial charge in [0.2, 0.25) is 0 Å². The van der Waals surface area contributed by atoms with Gasteiger partial charge in [-0.3, -0.25) is 15.5 Å². The molecule has 0 aliphatic carbocycles. The second-order valence-corrected chi connectivity index (χ2v) is 4.86. The van der Waals surface area contributed by atoms with E-state index in [1.165, 1.54) is 0 Å². The topological polar surface area (TPSA) is 68.8 Å². The zero-order chi connectivity index (χ0) is 14.1. The summed E-state index contributed by atoms with van der Waals surface area (Å²) in [4.78, 5) is 4.33. The number of nitrogens with zero attached hydrogens (tertiary/aromatic N) is 3. The van der Waals surface area contributed by atoms with E-state index in [9.17, 15) is 0 Å². The molecule has 2 heterocycles. The summed E-state index contributed by atoms with van der Waals surface area (Å²) in [7, 11) is 1.94. The van der Waals surface area contributed by atoms with E-state index in [0.29, 0.717) is 0 Å². The third-order valence-electron chi connectivity index (χ3n) is 3.49. The van der Waals surface area contributed by atoms with Gasteiger partial charge in [0.25, 0.3) is 0 Å². The highest BCUT2D eigenvalue weighted by molar-refractivity contribution is 5.82. The molecule has 0 bridgehead atoms. The van der Waals surface area contributed by atoms with Gasteiger partial charge in [-0.05, 0) is 24.6 Å². The Morgan fingerprint density at radius 1 is 1.20 bits per heavy atom. The van der Waals surface area contributed by atoms with Gasteiger partial charge in [-0.25, -0.2) is 5.43 Å². The van der Waals surface area contributed by atoms with Gasteiger partial charge < -0.3 is 0 Å². The van der Waals surface area contributed by atoms with Crippen molar-refractivity contribution in [3.8, 4) is 0 Å². The second-order valence-electron chi connectivity index (χ2n) is 4.86. The SMILES string of the molecule is Cc1ccc(C(NN)c2nn(C)c3ccccc23)cn1. The summed E-state index contributed by atoms with van der Waals surface area (Å²) in [5.74, 6) is 5.75. The fraction of sp³-hybridized carbons (Fsp3) is 0.200. The van der Waals surface area contributed by atoms with E-state index in [1.807, 2.05) is 55.2 Å². The first kappa shape index (κ1) is 12.8. The van der Waals surface area contributed by atoms with Crippen molar-refractivity contribution >= 4 is 10.9 Å². The lowest BCUT2D eigenvalue weighted by molar-refractivity contribution is 0.606. The highest BCUT2D eigenvalue weighted by Gasteiger charge is 2.19. The third-order valence-corrected chi connectivity index (χ3v) is 3.49. The first-order chi connectivity index (χ1) is 9.70. The monoisotopic (exact) mass is 267 g/mol. The summed E-state index contributed by atoms with van der Waals surface area (Å²) in [6, 6.07) is 12.0. The number of benzene rings is 1. The summed E-state index contributed by atoms with van der Waals surface area (Å²) in [6.07, 6.45) is 1.84. The Morgan fingerprint density at radius 3 is 2.70 bits per heavy atom. The lowest BCUT2D eigenvalue weighted by Gasteiger charge is -2.14. The van der Waals surface area contributed by atoms with E-state index < -0.39 is 0 Å². The standard InChI is InChI=1S/C15H17N5/c1-10-7-8-11(9-17-10)14(18-16)15-12-5-3-4-6-13(12)20(2)19-15/h3-9,14,18H,16H2,1-2H3. The van der Waals surface area contributed by atoms with Crippen molar-refractivity contribution in [2.75, 3.05) is 0 Å². The van der Waals surface area contributed by atoms with Crippen molar-refractivity contribution in [2.24, 2.45) is 12.9 Å². The molecule has 1 unspecified atom stereocenters. The summed E-state index contributed by atoms with van der Waals surface area (Å²) >= 11 is 0. The normalized spacial score (nSPS) is 12.8. The van der Waals surface area contributed by atoms with Gasteiger partial charge in [0, 0.05) is 24.3 Å². The molecule has 0 aliphatic heterocycles. The molecular formula is C15H17N5. The molecule has 3 N–H and O–H groups in total. The third kappa shape index (κ3) is 2.07. The average molecular weight is 267 g/mol. The average Bonchev–Trinajstić information content (AvgIpc) is 2.80. The van der Waals surface area contributed by atoms with E-state index in [2.05, 4.69) is 21.6 Å². The Labute approximate surface area is 117 Å². The fourth-order valence-electron chi connectivity index (χ4n) is 2.44. The van der Waals surface area contributed by atoms with Crippen molar-refractivity contribution in [1.82, 2.24) is 20.2 Å². The van der Waals surface area contributed by atoms with Crippen LogP contribution in [0.15, 0.2) is 42.6 Å². The number of aryl methyl sites for hydroxylation is 2. The van der Waals surface area contributed by atoms with E-state index in [1.54, 1.807) is 0 Å². The molecule has 102 valence electrons. The van der Waals surface area contributed by atoms with Crippen LogP contribution in [0.3, 0.4) is 0 Å². The van der Waals surface area contributed by atoms with Crippen LogP contribution >= 0.6 is 0 Å². The number of fused-ring (bicyclic) bond motifs is 1. The Hall–Kier alpha value is -2.24. The highest BCUT2D eigenvalue weighted by atomic mass is 15.3. The smallest absolute Gasteiger partial charge is 0.0931 e. The molecule has 0 saturated heterocycles. The number of hydrogen-bond donors (Lipinski definition) is 2. The molecule has 5 nitrogen and oxygen atoms in total. The molecule has 0 saturated carbocycles. The summed E-state index contributed by atoms with van der Waals surface area (Å²) in [5.41, 5.74) is 6.83. The summed E-state index contributed by atoms with van der Waals surface area (Å²) in [6.45, 7) is 1.96. The first-order valence-electron chi connectivity index (χ1n) is 6.51. The van der Waals surface area contributed by atoms with Crippen LogP contribution in [0, 0.1) is 6.92 Å². The zero-order valence-electron chi connectivity index (χ0n) is 11.5. The van der Waals surface area contributed by atoms with Crippen LogP contribution in [0.2, 0.25) is 0 Å². The number of nitrogens with one attached hydrogen (secondary N) is 1. The minimum Gasteiger partial charge on any atom is -0.271 e. The minimum atomic E-state index is -0.172. The van der Waals surface area contributed by atoms with Crippen LogP contribution in [-0.2, 0) is 7.05 Å². The van der Waals surface area contributed by atoms with Crippen molar-refractivity contribution in [3.63, 3.8) is 0 Å². The lowest BCUT2D eigenvalue weighted by Crippen LogP contribution is -2.29. The Morgan fingerprint density at radius 2 is 2.00 bits per heavy atom. The van der Waals surface area contributed by atoms with Gasteiger partial charge in [-0.2, -0.15) is 5.10 Å². The van der Waals surface area contributed by atoms with E-state index in [-0.39, 0.29) is 6.04 Å². The molecule has 0 aliphatic rings.